The van der Waals surface area contributed by atoms with Gasteiger partial charge in [-0.2, -0.15) is 0 Å². The van der Waals surface area contributed by atoms with E-state index in [1.807, 2.05) is 25.1 Å². The van der Waals surface area contributed by atoms with Gasteiger partial charge in [0, 0.05) is 18.2 Å². The average molecular weight is 289 g/mol. The van der Waals surface area contributed by atoms with Gasteiger partial charge in [-0.15, -0.1) is 0 Å². The van der Waals surface area contributed by atoms with Gasteiger partial charge in [0.1, 0.15) is 5.75 Å². The number of carbonyl (C=O) groups excluding carboxylic acids is 1. The van der Waals surface area contributed by atoms with E-state index < -0.39 is 0 Å². The predicted molar refractivity (Wildman–Crippen MR) is 83.1 cm³/mol. The first kappa shape index (κ1) is 15.6. The summed E-state index contributed by atoms with van der Waals surface area (Å²) in [5.41, 5.74) is 2.00. The van der Waals surface area contributed by atoms with E-state index in [9.17, 15) is 9.90 Å². The van der Waals surface area contributed by atoms with Gasteiger partial charge in [0.05, 0.1) is 19.8 Å². The maximum atomic E-state index is 12.3. The first-order chi connectivity index (χ1) is 10.1. The number of nitrogens with zero attached hydrogens (tertiary/aromatic N) is 1. The molecule has 1 fully saturated rings. The van der Waals surface area contributed by atoms with E-state index >= 15 is 0 Å². The third kappa shape index (κ3) is 3.45. The number of likely N-dealkylation sites (tertiary alicyclic amines) is 1. The molecule has 114 valence electrons. The molecular formula is C17H23NO3. The lowest BCUT2D eigenvalue weighted by Crippen LogP contribution is -2.38. The summed E-state index contributed by atoms with van der Waals surface area (Å²) in [6.07, 6.45) is 4.29. The summed E-state index contributed by atoms with van der Waals surface area (Å²) >= 11 is 0. The van der Waals surface area contributed by atoms with Crippen LogP contribution in [-0.4, -0.2) is 42.2 Å². The van der Waals surface area contributed by atoms with Gasteiger partial charge in [-0.1, -0.05) is 18.6 Å². The highest BCUT2D eigenvalue weighted by molar-refractivity contribution is 5.92. The summed E-state index contributed by atoms with van der Waals surface area (Å²) in [4.78, 5) is 14.1. The van der Waals surface area contributed by atoms with Crippen molar-refractivity contribution < 1.29 is 14.6 Å². The highest BCUT2D eigenvalue weighted by Crippen LogP contribution is 2.25. The Labute approximate surface area is 126 Å². The first-order valence-corrected chi connectivity index (χ1v) is 7.31. The number of benzene rings is 1. The van der Waals surface area contributed by atoms with Crippen molar-refractivity contribution in [3.63, 3.8) is 0 Å². The quantitative estimate of drug-likeness (QED) is 0.865. The molecule has 1 saturated heterocycles. The van der Waals surface area contributed by atoms with Crippen LogP contribution in [0.25, 0.3) is 6.08 Å². The van der Waals surface area contributed by atoms with Gasteiger partial charge in [-0.05, 0) is 37.5 Å². The number of hydrogen-bond donors (Lipinski definition) is 1. The Morgan fingerprint density at radius 3 is 2.95 bits per heavy atom. The Bertz CT molecular complexity index is 539. The molecule has 2 unspecified atom stereocenters. The molecule has 0 saturated carbocycles. The number of hydrogen-bond acceptors (Lipinski definition) is 3. The number of aryl methyl sites for hydroxylation is 1. The molecule has 1 aromatic rings. The van der Waals surface area contributed by atoms with Crippen LogP contribution < -0.4 is 4.74 Å². The van der Waals surface area contributed by atoms with E-state index in [-0.39, 0.29) is 18.6 Å². The van der Waals surface area contributed by atoms with Crippen LogP contribution in [0.5, 0.6) is 5.75 Å². The Morgan fingerprint density at radius 1 is 1.52 bits per heavy atom. The zero-order valence-corrected chi connectivity index (χ0v) is 12.9. The lowest BCUT2D eigenvalue weighted by atomic mass is 10.0. The molecule has 1 aliphatic heterocycles. The van der Waals surface area contributed by atoms with E-state index in [0.717, 1.165) is 23.3 Å². The molecule has 0 radical (unpaired) electrons. The fourth-order valence-corrected chi connectivity index (χ4v) is 2.80. The van der Waals surface area contributed by atoms with Crippen molar-refractivity contribution in [2.75, 3.05) is 20.3 Å². The number of methoxy groups -OCH3 is 1. The topological polar surface area (TPSA) is 49.8 Å². The number of rotatable bonds is 4. The summed E-state index contributed by atoms with van der Waals surface area (Å²) in [5, 5.41) is 9.42. The maximum Gasteiger partial charge on any atom is 0.246 e. The molecule has 0 bridgehead atoms. The molecule has 1 N–H and O–H groups in total. The molecule has 1 aliphatic rings. The SMILES string of the molecule is COc1ccc(C)cc1/C=C/C(=O)N1CCC(C)C1CO. The molecule has 1 amide bonds. The lowest BCUT2D eigenvalue weighted by Gasteiger charge is -2.23. The second-order valence-electron chi connectivity index (χ2n) is 5.63. The molecular weight excluding hydrogens is 266 g/mol. The predicted octanol–water partition coefficient (Wildman–Crippen LogP) is 2.25. The Kier molecular flexibility index (Phi) is 5.02. The molecule has 0 spiro atoms. The van der Waals surface area contributed by atoms with Gasteiger partial charge >= 0.3 is 0 Å². The van der Waals surface area contributed by atoms with Crippen molar-refractivity contribution in [3.05, 3.63) is 35.4 Å². The van der Waals surface area contributed by atoms with Gasteiger partial charge < -0.3 is 14.7 Å². The standard InChI is InChI=1S/C17H23NO3/c1-12-4-6-16(21-3)14(10-12)5-7-17(20)18-9-8-13(2)15(18)11-19/h4-7,10,13,15,19H,8-9,11H2,1-3H3/b7-5+. The van der Waals surface area contributed by atoms with Crippen LogP contribution in [0.2, 0.25) is 0 Å². The van der Waals surface area contributed by atoms with E-state index in [0.29, 0.717) is 12.5 Å². The highest BCUT2D eigenvalue weighted by Gasteiger charge is 2.32. The molecule has 4 heteroatoms. The number of aliphatic hydroxyl groups is 1. The maximum absolute atomic E-state index is 12.3. The van der Waals surface area contributed by atoms with Crippen LogP contribution in [0, 0.1) is 12.8 Å². The number of amides is 1. The summed E-state index contributed by atoms with van der Waals surface area (Å²) in [6.45, 7) is 4.80. The van der Waals surface area contributed by atoms with E-state index in [1.54, 1.807) is 24.2 Å². The lowest BCUT2D eigenvalue weighted by molar-refractivity contribution is -0.127. The third-order valence-electron chi connectivity index (χ3n) is 4.14. The van der Waals surface area contributed by atoms with Crippen molar-refractivity contribution in [3.8, 4) is 5.75 Å². The monoisotopic (exact) mass is 289 g/mol. The van der Waals surface area contributed by atoms with Crippen molar-refractivity contribution >= 4 is 12.0 Å². The Balaban J connectivity index is 2.14. The molecule has 21 heavy (non-hydrogen) atoms. The minimum atomic E-state index is -0.0680. The zero-order valence-electron chi connectivity index (χ0n) is 12.9. The van der Waals surface area contributed by atoms with Crippen LogP contribution in [0.3, 0.4) is 0 Å². The van der Waals surface area contributed by atoms with E-state index in [1.165, 1.54) is 0 Å². The normalized spacial score (nSPS) is 22.0. The molecule has 1 aromatic carbocycles. The molecule has 2 atom stereocenters. The summed E-state index contributed by atoms with van der Waals surface area (Å²) in [5.74, 6) is 1.04. The molecule has 0 aliphatic carbocycles. The number of aliphatic hydroxyl groups excluding tert-OH is 1. The second-order valence-corrected chi connectivity index (χ2v) is 5.63. The molecule has 0 aromatic heterocycles. The summed E-state index contributed by atoms with van der Waals surface area (Å²) in [6, 6.07) is 5.79. The Morgan fingerprint density at radius 2 is 2.29 bits per heavy atom. The van der Waals surface area contributed by atoms with Crippen LogP contribution in [0.15, 0.2) is 24.3 Å². The fraction of sp³-hybridized carbons (Fsp3) is 0.471. The average Bonchev–Trinajstić information content (AvgIpc) is 2.85. The largest absolute Gasteiger partial charge is 0.496 e. The fourth-order valence-electron chi connectivity index (χ4n) is 2.80. The van der Waals surface area contributed by atoms with Crippen molar-refractivity contribution in [1.29, 1.82) is 0 Å². The minimum Gasteiger partial charge on any atom is -0.496 e. The van der Waals surface area contributed by atoms with Crippen molar-refractivity contribution in [2.45, 2.75) is 26.3 Å². The minimum absolute atomic E-state index is 0.0223. The van der Waals surface area contributed by atoms with Gasteiger partial charge in [-0.25, -0.2) is 0 Å². The van der Waals surface area contributed by atoms with Crippen molar-refractivity contribution in [2.24, 2.45) is 5.92 Å². The van der Waals surface area contributed by atoms with E-state index in [2.05, 4.69) is 6.92 Å². The van der Waals surface area contributed by atoms with Crippen LogP contribution in [0.4, 0.5) is 0 Å². The Hall–Kier alpha value is -1.81. The first-order valence-electron chi connectivity index (χ1n) is 7.31. The van der Waals surface area contributed by atoms with E-state index in [4.69, 9.17) is 4.74 Å². The van der Waals surface area contributed by atoms with Gasteiger partial charge in [0.25, 0.3) is 0 Å². The van der Waals surface area contributed by atoms with Crippen LogP contribution >= 0.6 is 0 Å². The number of ether oxygens (including phenoxy) is 1. The number of carbonyl (C=O) groups is 1. The highest BCUT2D eigenvalue weighted by atomic mass is 16.5. The molecule has 2 rings (SSSR count). The molecule has 1 heterocycles. The van der Waals surface area contributed by atoms with Crippen LogP contribution in [-0.2, 0) is 4.79 Å². The van der Waals surface area contributed by atoms with Crippen molar-refractivity contribution in [1.82, 2.24) is 4.90 Å². The third-order valence-corrected chi connectivity index (χ3v) is 4.14. The van der Waals surface area contributed by atoms with Gasteiger partial charge in [-0.3, -0.25) is 4.79 Å². The summed E-state index contributed by atoms with van der Waals surface area (Å²) < 4.78 is 5.30. The van der Waals surface area contributed by atoms with Gasteiger partial charge in [0.2, 0.25) is 5.91 Å². The molecule has 4 nitrogen and oxygen atoms in total. The smallest absolute Gasteiger partial charge is 0.246 e. The summed E-state index contributed by atoms with van der Waals surface area (Å²) in [7, 11) is 1.62. The zero-order chi connectivity index (χ0) is 15.4. The second kappa shape index (κ2) is 6.76. The van der Waals surface area contributed by atoms with Gasteiger partial charge in [0.15, 0.2) is 0 Å². The van der Waals surface area contributed by atoms with Crippen LogP contribution in [0.1, 0.15) is 24.5 Å².